The third-order valence-electron chi connectivity index (χ3n) is 3.89. The molecule has 2 heterocycles. The summed E-state index contributed by atoms with van der Waals surface area (Å²) in [6.07, 6.45) is 0.287. The standard InChI is InChI=1S/C16H19N3O2S/c1-11-2-4-12(5-3-11)9-19-10-13(8-14(19)20)15(21)18-16-17-6-7-22-16/h2-5,13H,6-10H2,1H3,(H,17,18,21). The maximum atomic E-state index is 12.2. The first-order valence-corrected chi connectivity index (χ1v) is 8.42. The molecule has 2 aliphatic rings. The Labute approximate surface area is 134 Å². The minimum atomic E-state index is -0.276. The molecule has 1 aromatic rings. The molecule has 0 saturated carbocycles. The summed E-state index contributed by atoms with van der Waals surface area (Å²) in [5.74, 6) is 0.593. The zero-order valence-electron chi connectivity index (χ0n) is 12.5. The van der Waals surface area contributed by atoms with Gasteiger partial charge in [0.2, 0.25) is 11.8 Å². The van der Waals surface area contributed by atoms with Crippen LogP contribution in [0, 0.1) is 12.8 Å². The van der Waals surface area contributed by atoms with Gasteiger partial charge >= 0.3 is 0 Å². The molecular formula is C16H19N3O2S. The van der Waals surface area contributed by atoms with E-state index in [9.17, 15) is 9.59 Å². The van der Waals surface area contributed by atoms with Crippen molar-refractivity contribution in [3.05, 3.63) is 35.4 Å². The number of thioether (sulfide) groups is 1. The first-order chi connectivity index (χ1) is 10.6. The number of amides is 2. The van der Waals surface area contributed by atoms with Gasteiger partial charge in [-0.3, -0.25) is 14.6 Å². The highest BCUT2D eigenvalue weighted by molar-refractivity contribution is 8.14. The maximum absolute atomic E-state index is 12.2. The van der Waals surface area contributed by atoms with E-state index in [1.165, 1.54) is 5.56 Å². The van der Waals surface area contributed by atoms with Crippen LogP contribution < -0.4 is 5.32 Å². The number of carbonyl (C=O) groups excluding carboxylic acids is 2. The topological polar surface area (TPSA) is 61.8 Å². The van der Waals surface area contributed by atoms with Crippen LogP contribution in [-0.4, -0.2) is 40.7 Å². The van der Waals surface area contributed by atoms with E-state index in [0.717, 1.165) is 17.9 Å². The van der Waals surface area contributed by atoms with E-state index in [4.69, 9.17) is 0 Å². The highest BCUT2D eigenvalue weighted by Gasteiger charge is 2.34. The monoisotopic (exact) mass is 317 g/mol. The van der Waals surface area contributed by atoms with Gasteiger partial charge in [0.05, 0.1) is 12.5 Å². The lowest BCUT2D eigenvalue weighted by atomic mass is 10.1. The summed E-state index contributed by atoms with van der Waals surface area (Å²) in [7, 11) is 0. The minimum Gasteiger partial charge on any atom is -0.338 e. The van der Waals surface area contributed by atoms with Gasteiger partial charge in [-0.25, -0.2) is 0 Å². The van der Waals surface area contributed by atoms with Crippen LogP contribution in [0.4, 0.5) is 0 Å². The van der Waals surface area contributed by atoms with Crippen LogP contribution >= 0.6 is 11.8 Å². The smallest absolute Gasteiger partial charge is 0.231 e. The average Bonchev–Trinajstić information content (AvgIpc) is 3.12. The molecule has 1 saturated heterocycles. The number of aryl methyl sites for hydroxylation is 1. The molecule has 2 amide bonds. The molecule has 1 atom stereocenters. The van der Waals surface area contributed by atoms with Crippen molar-refractivity contribution in [3.63, 3.8) is 0 Å². The number of nitrogens with one attached hydrogen (secondary N) is 1. The summed E-state index contributed by atoms with van der Waals surface area (Å²) in [4.78, 5) is 30.3. The Balaban J connectivity index is 1.58. The highest BCUT2D eigenvalue weighted by atomic mass is 32.2. The third-order valence-corrected chi connectivity index (χ3v) is 4.79. The Morgan fingerprint density at radius 1 is 1.41 bits per heavy atom. The lowest BCUT2D eigenvalue weighted by Gasteiger charge is -2.16. The van der Waals surface area contributed by atoms with Gasteiger partial charge in [-0.2, -0.15) is 0 Å². The number of benzene rings is 1. The van der Waals surface area contributed by atoms with Gasteiger partial charge < -0.3 is 10.2 Å². The molecule has 0 aliphatic carbocycles. The van der Waals surface area contributed by atoms with Crippen molar-refractivity contribution in [2.45, 2.75) is 19.9 Å². The largest absolute Gasteiger partial charge is 0.338 e. The van der Waals surface area contributed by atoms with E-state index in [-0.39, 0.29) is 24.2 Å². The Morgan fingerprint density at radius 3 is 2.86 bits per heavy atom. The second kappa shape index (κ2) is 6.52. The van der Waals surface area contributed by atoms with Crippen LogP contribution in [0.15, 0.2) is 29.3 Å². The summed E-state index contributed by atoms with van der Waals surface area (Å²) in [6, 6.07) is 8.13. The van der Waals surface area contributed by atoms with Gasteiger partial charge in [-0.1, -0.05) is 41.6 Å². The number of likely N-dealkylation sites (tertiary alicyclic amines) is 1. The number of aliphatic imine (C=N–C) groups is 1. The molecule has 1 aromatic carbocycles. The van der Waals surface area contributed by atoms with E-state index in [2.05, 4.69) is 10.3 Å². The van der Waals surface area contributed by atoms with Crippen molar-refractivity contribution in [1.82, 2.24) is 10.2 Å². The van der Waals surface area contributed by atoms with E-state index in [1.807, 2.05) is 31.2 Å². The Kier molecular flexibility index (Phi) is 4.47. The summed E-state index contributed by atoms with van der Waals surface area (Å²) in [5.41, 5.74) is 2.29. The van der Waals surface area contributed by atoms with Crippen LogP contribution in [0.5, 0.6) is 0 Å². The summed E-state index contributed by atoms with van der Waals surface area (Å²) in [5, 5.41) is 3.52. The quantitative estimate of drug-likeness (QED) is 0.920. The van der Waals surface area contributed by atoms with Gasteiger partial charge in [0.15, 0.2) is 5.17 Å². The Morgan fingerprint density at radius 2 is 2.18 bits per heavy atom. The molecule has 0 aromatic heterocycles. The number of amidine groups is 1. The fourth-order valence-corrected chi connectivity index (χ4v) is 3.36. The Bertz CT molecular complexity index is 612. The van der Waals surface area contributed by atoms with Crippen molar-refractivity contribution in [2.24, 2.45) is 10.9 Å². The maximum Gasteiger partial charge on any atom is 0.231 e. The number of rotatable bonds is 3. The van der Waals surface area contributed by atoms with Crippen LogP contribution in [0.3, 0.4) is 0 Å². The lowest BCUT2D eigenvalue weighted by molar-refractivity contribution is -0.129. The molecule has 0 spiro atoms. The molecule has 0 bridgehead atoms. The van der Waals surface area contributed by atoms with Crippen LogP contribution in [0.2, 0.25) is 0 Å². The van der Waals surface area contributed by atoms with Gasteiger partial charge in [-0.05, 0) is 12.5 Å². The van der Waals surface area contributed by atoms with E-state index in [0.29, 0.717) is 18.3 Å². The zero-order chi connectivity index (χ0) is 15.5. The normalized spacial score (nSPS) is 21.1. The van der Waals surface area contributed by atoms with Crippen LogP contribution in [0.25, 0.3) is 0 Å². The van der Waals surface area contributed by atoms with Crippen molar-refractivity contribution in [1.29, 1.82) is 0 Å². The second-order valence-electron chi connectivity index (χ2n) is 5.69. The molecule has 1 fully saturated rings. The lowest BCUT2D eigenvalue weighted by Crippen LogP contribution is -2.35. The number of hydrogen-bond donors (Lipinski definition) is 1. The van der Waals surface area contributed by atoms with Crippen LogP contribution in [0.1, 0.15) is 17.5 Å². The summed E-state index contributed by atoms with van der Waals surface area (Å²) < 4.78 is 0. The first kappa shape index (κ1) is 15.1. The fraction of sp³-hybridized carbons (Fsp3) is 0.438. The van der Waals surface area contributed by atoms with E-state index < -0.39 is 0 Å². The molecule has 0 radical (unpaired) electrons. The number of carbonyl (C=O) groups is 2. The Hall–Kier alpha value is -1.82. The zero-order valence-corrected chi connectivity index (χ0v) is 13.4. The highest BCUT2D eigenvalue weighted by Crippen LogP contribution is 2.21. The van der Waals surface area contributed by atoms with Gasteiger partial charge in [0.25, 0.3) is 0 Å². The molecule has 2 aliphatic heterocycles. The van der Waals surface area contributed by atoms with Crippen molar-refractivity contribution in [2.75, 3.05) is 18.8 Å². The van der Waals surface area contributed by atoms with Crippen molar-refractivity contribution < 1.29 is 9.59 Å². The molecule has 1 unspecified atom stereocenters. The fourth-order valence-electron chi connectivity index (χ4n) is 2.63. The van der Waals surface area contributed by atoms with E-state index >= 15 is 0 Å². The SMILES string of the molecule is Cc1ccc(CN2CC(C(=O)NC3=NCCS3)CC2=O)cc1. The summed E-state index contributed by atoms with van der Waals surface area (Å²) >= 11 is 1.55. The first-order valence-electron chi connectivity index (χ1n) is 7.43. The molecule has 5 nitrogen and oxygen atoms in total. The minimum absolute atomic E-state index is 0.0433. The number of nitrogens with zero attached hydrogens (tertiary/aromatic N) is 2. The molecule has 1 N–H and O–H groups in total. The van der Waals surface area contributed by atoms with Crippen molar-refractivity contribution >= 4 is 28.7 Å². The van der Waals surface area contributed by atoms with Crippen LogP contribution in [-0.2, 0) is 16.1 Å². The molecule has 6 heteroatoms. The van der Waals surface area contributed by atoms with E-state index in [1.54, 1.807) is 16.7 Å². The predicted molar refractivity (Wildman–Crippen MR) is 87.6 cm³/mol. The third kappa shape index (κ3) is 3.50. The van der Waals surface area contributed by atoms with Gasteiger partial charge in [0.1, 0.15) is 0 Å². The molecule has 22 heavy (non-hydrogen) atoms. The summed E-state index contributed by atoms with van der Waals surface area (Å²) in [6.45, 7) is 3.84. The van der Waals surface area contributed by atoms with Gasteiger partial charge in [0, 0.05) is 25.3 Å². The number of hydrogen-bond acceptors (Lipinski definition) is 4. The molecule has 3 rings (SSSR count). The molecular weight excluding hydrogens is 298 g/mol. The van der Waals surface area contributed by atoms with Gasteiger partial charge in [-0.15, -0.1) is 0 Å². The second-order valence-corrected chi connectivity index (χ2v) is 6.77. The molecule has 116 valence electrons. The predicted octanol–water partition coefficient (Wildman–Crippen LogP) is 1.56. The average molecular weight is 317 g/mol. The van der Waals surface area contributed by atoms with Crippen molar-refractivity contribution in [3.8, 4) is 0 Å².